The van der Waals surface area contributed by atoms with E-state index in [1.54, 1.807) is 52.5 Å². The fraction of sp³-hybridized carbons (Fsp3) is 0.565. The average molecular weight is 478 g/mol. The maximum Gasteiger partial charge on any atom is 0.320 e. The standard InChI is InChI=1S/C23H35N5O6/c1-22(2,3)33-19(30)13-28(14-20(31)34-23(4,5)6)12-17-8-7-16(11-18(17)32-10-9-29)21-26-24-15-25-27-21/h7-8,11,15,29H,9-10,12-14H2,1-6H3,(H,24,25)(H,26,27). The molecule has 0 unspecified atom stereocenters. The van der Waals surface area contributed by atoms with E-state index in [0.717, 1.165) is 0 Å². The van der Waals surface area contributed by atoms with Gasteiger partial charge in [-0.1, -0.05) is 12.1 Å². The molecule has 3 N–H and O–H groups in total. The summed E-state index contributed by atoms with van der Waals surface area (Å²) in [5, 5.41) is 17.3. The van der Waals surface area contributed by atoms with Crippen LogP contribution in [-0.2, 0) is 25.6 Å². The zero-order chi connectivity index (χ0) is 25.4. The molecule has 188 valence electrons. The first-order chi connectivity index (χ1) is 15.9. The number of aliphatic hydroxyl groups is 1. The van der Waals surface area contributed by atoms with Crippen molar-refractivity contribution in [1.82, 2.24) is 15.8 Å². The number of benzene rings is 1. The van der Waals surface area contributed by atoms with Gasteiger partial charge in [-0.05, 0) is 47.6 Å². The monoisotopic (exact) mass is 477 g/mol. The van der Waals surface area contributed by atoms with Crippen LogP contribution in [0.2, 0.25) is 0 Å². The smallest absolute Gasteiger partial charge is 0.320 e. The van der Waals surface area contributed by atoms with E-state index in [4.69, 9.17) is 14.2 Å². The largest absolute Gasteiger partial charge is 0.491 e. The highest BCUT2D eigenvalue weighted by Gasteiger charge is 2.24. The van der Waals surface area contributed by atoms with Crippen LogP contribution in [0.5, 0.6) is 5.75 Å². The number of nitrogens with one attached hydrogen (secondary N) is 2. The van der Waals surface area contributed by atoms with Crippen molar-refractivity contribution in [3.8, 4) is 5.75 Å². The van der Waals surface area contributed by atoms with E-state index in [-0.39, 0.29) is 32.8 Å². The van der Waals surface area contributed by atoms with Gasteiger partial charge >= 0.3 is 11.9 Å². The molecule has 1 aromatic rings. The molecule has 1 aromatic carbocycles. The third-order valence-electron chi connectivity index (χ3n) is 4.10. The number of hydrogen-bond donors (Lipinski definition) is 3. The van der Waals surface area contributed by atoms with Gasteiger partial charge in [0.1, 0.15) is 29.9 Å². The Balaban J connectivity index is 2.27. The molecule has 0 atom stereocenters. The van der Waals surface area contributed by atoms with Crippen LogP contribution in [0.3, 0.4) is 0 Å². The van der Waals surface area contributed by atoms with Gasteiger partial charge in [-0.15, -0.1) is 0 Å². The minimum absolute atomic E-state index is 0.0743. The van der Waals surface area contributed by atoms with Gasteiger partial charge in [0.05, 0.1) is 19.7 Å². The number of carbonyl (C=O) groups is 2. The number of esters is 2. The summed E-state index contributed by atoms with van der Waals surface area (Å²) in [5.41, 5.74) is 5.55. The summed E-state index contributed by atoms with van der Waals surface area (Å²) < 4.78 is 16.6. The topological polar surface area (TPSA) is 134 Å². The number of nitrogens with zero attached hydrogens (tertiary/aromatic N) is 3. The molecule has 0 radical (unpaired) electrons. The SMILES string of the molecule is CC(C)(C)OC(=O)CN(CC(=O)OC(C)(C)C)Cc1ccc(C2=NNC=NN2)cc1OCCO. The zero-order valence-corrected chi connectivity index (χ0v) is 20.7. The molecule has 0 bridgehead atoms. The van der Waals surface area contributed by atoms with Gasteiger partial charge in [0, 0.05) is 17.7 Å². The van der Waals surface area contributed by atoms with Crippen molar-refractivity contribution in [2.75, 3.05) is 26.3 Å². The number of carbonyl (C=O) groups excluding carboxylic acids is 2. The highest BCUT2D eigenvalue weighted by Crippen LogP contribution is 2.23. The summed E-state index contributed by atoms with van der Waals surface area (Å²) in [6.07, 6.45) is 1.41. The maximum atomic E-state index is 12.5. The third-order valence-corrected chi connectivity index (χ3v) is 4.10. The van der Waals surface area contributed by atoms with Crippen molar-refractivity contribution in [3.05, 3.63) is 29.3 Å². The summed E-state index contributed by atoms with van der Waals surface area (Å²) in [6.45, 7) is 10.6. The minimum atomic E-state index is -0.657. The first-order valence-corrected chi connectivity index (χ1v) is 11.0. The molecule has 0 saturated carbocycles. The molecule has 0 saturated heterocycles. The number of rotatable bonds is 10. The molecule has 0 fully saturated rings. The molecule has 0 amide bonds. The molecule has 0 aliphatic carbocycles. The summed E-state index contributed by atoms with van der Waals surface area (Å²) in [5.74, 6) is 0.0386. The molecule has 1 aliphatic rings. The van der Waals surface area contributed by atoms with Crippen LogP contribution >= 0.6 is 0 Å². The zero-order valence-electron chi connectivity index (χ0n) is 20.7. The second-order valence-electron chi connectivity index (χ2n) is 9.67. The van der Waals surface area contributed by atoms with Crippen LogP contribution in [0.25, 0.3) is 0 Å². The predicted molar refractivity (Wildman–Crippen MR) is 127 cm³/mol. The molecular formula is C23H35N5O6. The van der Waals surface area contributed by atoms with E-state index >= 15 is 0 Å². The van der Waals surface area contributed by atoms with Crippen molar-refractivity contribution in [2.24, 2.45) is 10.2 Å². The lowest BCUT2D eigenvalue weighted by Crippen LogP contribution is -2.39. The van der Waals surface area contributed by atoms with Crippen molar-refractivity contribution < 1.29 is 28.9 Å². The lowest BCUT2D eigenvalue weighted by atomic mass is 10.1. The first kappa shape index (κ1) is 27.1. The van der Waals surface area contributed by atoms with Crippen LogP contribution < -0.4 is 15.6 Å². The number of aliphatic hydroxyl groups excluding tert-OH is 1. The van der Waals surface area contributed by atoms with E-state index in [2.05, 4.69) is 21.1 Å². The highest BCUT2D eigenvalue weighted by atomic mass is 16.6. The number of hydrogen-bond acceptors (Lipinski definition) is 11. The third kappa shape index (κ3) is 9.75. The van der Waals surface area contributed by atoms with Gasteiger partial charge in [-0.3, -0.25) is 25.3 Å². The Kier molecular flexibility index (Phi) is 9.39. The van der Waals surface area contributed by atoms with E-state index < -0.39 is 23.1 Å². The fourth-order valence-electron chi connectivity index (χ4n) is 3.01. The van der Waals surface area contributed by atoms with E-state index in [9.17, 15) is 14.7 Å². The van der Waals surface area contributed by atoms with Gasteiger partial charge in [0.25, 0.3) is 0 Å². The molecule has 0 aromatic heterocycles. The number of hydrazone groups is 2. The second kappa shape index (κ2) is 11.8. The van der Waals surface area contributed by atoms with Crippen molar-refractivity contribution in [1.29, 1.82) is 0 Å². The van der Waals surface area contributed by atoms with Gasteiger partial charge in [0.15, 0.2) is 5.84 Å². The van der Waals surface area contributed by atoms with Gasteiger partial charge in [-0.25, -0.2) is 0 Å². The van der Waals surface area contributed by atoms with Crippen LogP contribution in [-0.4, -0.2) is 71.6 Å². The van der Waals surface area contributed by atoms with Crippen LogP contribution in [0.15, 0.2) is 28.4 Å². The molecular weight excluding hydrogens is 442 g/mol. The first-order valence-electron chi connectivity index (χ1n) is 11.0. The van der Waals surface area contributed by atoms with Crippen molar-refractivity contribution in [2.45, 2.75) is 59.3 Å². The van der Waals surface area contributed by atoms with Crippen molar-refractivity contribution >= 4 is 24.1 Å². The number of ether oxygens (including phenoxy) is 3. The Labute approximate surface area is 200 Å². The Morgan fingerprint density at radius 2 is 1.65 bits per heavy atom. The Morgan fingerprint density at radius 3 is 2.15 bits per heavy atom. The lowest BCUT2D eigenvalue weighted by Gasteiger charge is -2.27. The quantitative estimate of drug-likeness (QED) is 0.427. The fourth-order valence-corrected chi connectivity index (χ4v) is 3.01. The summed E-state index contributed by atoms with van der Waals surface area (Å²) in [6, 6.07) is 5.37. The van der Waals surface area contributed by atoms with Gasteiger partial charge < -0.3 is 19.3 Å². The Bertz CT molecular complexity index is 887. The minimum Gasteiger partial charge on any atom is -0.491 e. The van der Waals surface area contributed by atoms with Crippen LogP contribution in [0.1, 0.15) is 52.7 Å². The molecule has 11 nitrogen and oxygen atoms in total. The van der Waals surface area contributed by atoms with Crippen LogP contribution in [0.4, 0.5) is 0 Å². The molecule has 11 heteroatoms. The van der Waals surface area contributed by atoms with Crippen LogP contribution in [0, 0.1) is 0 Å². The highest BCUT2D eigenvalue weighted by molar-refractivity contribution is 6.00. The second-order valence-corrected chi connectivity index (χ2v) is 9.67. The molecule has 34 heavy (non-hydrogen) atoms. The van der Waals surface area contributed by atoms with Gasteiger partial charge in [-0.2, -0.15) is 10.2 Å². The van der Waals surface area contributed by atoms with E-state index in [1.165, 1.54) is 6.34 Å². The van der Waals surface area contributed by atoms with E-state index in [1.807, 2.05) is 12.1 Å². The van der Waals surface area contributed by atoms with Crippen molar-refractivity contribution in [3.63, 3.8) is 0 Å². The molecule has 2 rings (SSSR count). The predicted octanol–water partition coefficient (Wildman–Crippen LogP) is 1.34. The average Bonchev–Trinajstić information content (AvgIpc) is 2.70. The van der Waals surface area contributed by atoms with E-state index in [0.29, 0.717) is 22.7 Å². The molecule has 1 heterocycles. The summed E-state index contributed by atoms with van der Waals surface area (Å²) in [7, 11) is 0. The summed E-state index contributed by atoms with van der Waals surface area (Å²) >= 11 is 0. The molecule has 0 spiro atoms. The molecule has 1 aliphatic heterocycles. The lowest BCUT2D eigenvalue weighted by molar-refractivity contribution is -0.160. The Hall–Kier alpha value is -3.18. The van der Waals surface area contributed by atoms with Gasteiger partial charge in [0.2, 0.25) is 0 Å². The maximum absolute atomic E-state index is 12.5. The number of amidine groups is 1. The summed E-state index contributed by atoms with van der Waals surface area (Å²) in [4.78, 5) is 26.7. The normalized spacial score (nSPS) is 13.6. The Morgan fingerprint density at radius 1 is 1.03 bits per heavy atom.